The van der Waals surface area contributed by atoms with E-state index in [0.717, 1.165) is 154 Å². The van der Waals surface area contributed by atoms with E-state index >= 15 is 0 Å². The van der Waals surface area contributed by atoms with Crippen LogP contribution in [0.25, 0.3) is 0 Å². The minimum atomic E-state index is -4.95. The number of rotatable bonds is 97. The number of carbonyl (C=O) groups is 3. The molecular formula is C109H188O16P2. The Morgan fingerprint density at radius 1 is 0.228 bits per heavy atom. The Kier molecular flexibility index (Phi) is 95.9. The van der Waals surface area contributed by atoms with Gasteiger partial charge in [-0.05, 0) is 154 Å². The molecule has 5 atom stereocenters. The third-order valence-electron chi connectivity index (χ3n) is 21.9. The third kappa shape index (κ3) is 101. The van der Waals surface area contributed by atoms with Crippen LogP contribution in [0.3, 0.4) is 0 Å². The second kappa shape index (κ2) is 99.9. The van der Waals surface area contributed by atoms with Crippen molar-refractivity contribution >= 4 is 33.6 Å². The van der Waals surface area contributed by atoms with Gasteiger partial charge in [0.1, 0.15) is 25.4 Å². The molecule has 0 heterocycles. The molecule has 0 fully saturated rings. The molecule has 5 unspecified atom stereocenters. The molecule has 0 aliphatic heterocycles. The molecule has 0 aromatic heterocycles. The van der Waals surface area contributed by atoms with Gasteiger partial charge in [0.2, 0.25) is 0 Å². The summed E-state index contributed by atoms with van der Waals surface area (Å²) in [5, 5.41) is 20.8. The lowest BCUT2D eigenvalue weighted by atomic mass is 10.0. The van der Waals surface area contributed by atoms with Crippen LogP contribution < -0.4 is 0 Å². The molecule has 0 aliphatic rings. The van der Waals surface area contributed by atoms with Crippen LogP contribution in [0, 0.1) is 0 Å². The Morgan fingerprint density at radius 2 is 0.417 bits per heavy atom. The van der Waals surface area contributed by atoms with E-state index in [1.807, 2.05) is 0 Å². The van der Waals surface area contributed by atoms with Gasteiger partial charge in [-0.15, -0.1) is 0 Å². The number of aliphatic hydroxyl groups excluding tert-OH is 2. The van der Waals surface area contributed by atoms with Gasteiger partial charge in [0.15, 0.2) is 6.10 Å². The van der Waals surface area contributed by atoms with Gasteiger partial charge in [-0.2, -0.15) is 0 Å². The molecule has 0 spiro atoms. The first-order chi connectivity index (χ1) is 62.2. The van der Waals surface area contributed by atoms with Crippen molar-refractivity contribution < 1.29 is 75.8 Å². The number of carbonyl (C=O) groups excluding carboxylic acids is 3. The molecule has 0 aliphatic carbocycles. The molecule has 0 rings (SSSR count). The van der Waals surface area contributed by atoms with E-state index in [9.17, 15) is 43.5 Å². The summed E-state index contributed by atoms with van der Waals surface area (Å²) in [6.07, 6.45) is 131. The van der Waals surface area contributed by atoms with Crippen LogP contribution in [0.5, 0.6) is 0 Å². The van der Waals surface area contributed by atoms with E-state index in [0.29, 0.717) is 19.3 Å². The zero-order valence-electron chi connectivity index (χ0n) is 80.9. The van der Waals surface area contributed by atoms with Crippen LogP contribution in [-0.2, 0) is 55.8 Å². The van der Waals surface area contributed by atoms with Crippen LogP contribution in [0.4, 0.5) is 0 Å². The van der Waals surface area contributed by atoms with E-state index in [1.54, 1.807) is 0 Å². The molecule has 16 nitrogen and oxygen atoms in total. The molecular weight excluding hydrogens is 1630 g/mol. The summed E-state index contributed by atoms with van der Waals surface area (Å²) in [4.78, 5) is 59.2. The largest absolute Gasteiger partial charge is 0.472 e. The first-order valence-electron chi connectivity index (χ1n) is 51.4. The smallest absolute Gasteiger partial charge is 0.463 e. The lowest BCUT2D eigenvalue weighted by Gasteiger charge is -2.21. The highest BCUT2D eigenvalue weighted by Gasteiger charge is 2.30. The number of hydrogen-bond donors (Lipinski definition) is 4. The number of esters is 3. The van der Waals surface area contributed by atoms with Gasteiger partial charge in [0.25, 0.3) is 0 Å². The summed E-state index contributed by atoms with van der Waals surface area (Å²) in [5.74, 6) is -1.56. The zero-order chi connectivity index (χ0) is 92.1. The van der Waals surface area contributed by atoms with Crippen molar-refractivity contribution in [2.75, 3.05) is 39.6 Å². The second-order valence-corrected chi connectivity index (χ2v) is 37.1. The van der Waals surface area contributed by atoms with Gasteiger partial charge in [0, 0.05) is 19.3 Å². The van der Waals surface area contributed by atoms with E-state index in [1.165, 1.54) is 231 Å². The molecule has 18 heteroatoms. The summed E-state index contributed by atoms with van der Waals surface area (Å²) >= 11 is 0. The van der Waals surface area contributed by atoms with E-state index in [4.69, 9.17) is 32.3 Å². The lowest BCUT2D eigenvalue weighted by Crippen LogP contribution is -2.30. The van der Waals surface area contributed by atoms with Crippen LogP contribution in [0.2, 0.25) is 0 Å². The number of phosphoric ester groups is 2. The number of hydrogen-bond acceptors (Lipinski definition) is 14. The second-order valence-electron chi connectivity index (χ2n) is 34.2. The van der Waals surface area contributed by atoms with Gasteiger partial charge >= 0.3 is 33.6 Å². The van der Waals surface area contributed by atoms with Gasteiger partial charge in [0.05, 0.1) is 26.4 Å². The van der Waals surface area contributed by atoms with Gasteiger partial charge < -0.3 is 34.2 Å². The fraction of sp³-hybridized carbons (Fsp3) is 0.716. The number of phosphoric acid groups is 2. The van der Waals surface area contributed by atoms with Crippen LogP contribution >= 0.6 is 15.6 Å². The number of aliphatic hydroxyl groups is 2. The molecule has 0 saturated heterocycles. The predicted octanol–water partition coefficient (Wildman–Crippen LogP) is 32.6. The van der Waals surface area contributed by atoms with Crippen molar-refractivity contribution in [1.82, 2.24) is 0 Å². The average molecular weight is 1820 g/mol. The normalized spacial score (nSPS) is 14.4. The van der Waals surface area contributed by atoms with E-state index in [-0.39, 0.29) is 19.3 Å². The van der Waals surface area contributed by atoms with Crippen molar-refractivity contribution in [1.29, 1.82) is 0 Å². The van der Waals surface area contributed by atoms with Gasteiger partial charge in [-0.3, -0.25) is 32.5 Å². The lowest BCUT2D eigenvalue weighted by molar-refractivity contribution is -0.161. The van der Waals surface area contributed by atoms with Gasteiger partial charge in [-0.25, -0.2) is 9.13 Å². The topological polar surface area (TPSA) is 231 Å². The molecule has 0 aromatic rings. The van der Waals surface area contributed by atoms with Crippen molar-refractivity contribution in [2.24, 2.45) is 0 Å². The fourth-order valence-corrected chi connectivity index (χ4v) is 15.8. The maximum Gasteiger partial charge on any atom is 0.472 e. The number of unbranched alkanes of at least 4 members (excludes halogenated alkanes) is 46. The van der Waals surface area contributed by atoms with Crippen LogP contribution in [0.1, 0.15) is 445 Å². The minimum absolute atomic E-state index is 0.0980. The molecule has 0 radical (unpaired) electrons. The summed E-state index contributed by atoms with van der Waals surface area (Å²) in [7, 11) is -9.82. The highest BCUT2D eigenvalue weighted by molar-refractivity contribution is 7.47. The summed E-state index contributed by atoms with van der Waals surface area (Å²) < 4.78 is 61.7. The molecule has 0 amide bonds. The van der Waals surface area contributed by atoms with Gasteiger partial charge in [-0.1, -0.05) is 441 Å². The Balaban J connectivity index is 4.60. The Hall–Kier alpha value is -5.09. The zero-order valence-corrected chi connectivity index (χ0v) is 82.7. The molecule has 730 valence electrons. The molecule has 4 N–H and O–H groups in total. The minimum Gasteiger partial charge on any atom is -0.463 e. The maximum atomic E-state index is 13.1. The summed E-state index contributed by atoms with van der Waals surface area (Å²) in [6, 6.07) is 0. The summed E-state index contributed by atoms with van der Waals surface area (Å²) in [5.41, 5.74) is 0. The maximum absolute atomic E-state index is 13.1. The predicted molar refractivity (Wildman–Crippen MR) is 537 cm³/mol. The van der Waals surface area contributed by atoms with Crippen molar-refractivity contribution in [3.63, 3.8) is 0 Å². The quantitative estimate of drug-likeness (QED) is 0.0146. The fourth-order valence-electron chi connectivity index (χ4n) is 14.2. The molecule has 0 bridgehead atoms. The average Bonchev–Trinajstić information content (AvgIpc) is 0.899. The number of allylic oxidation sites excluding steroid dienone is 28. The number of ether oxygens (including phenoxy) is 3. The standard InChI is InChI=1S/C109H188O16P2/c1-4-7-10-13-16-19-22-25-28-31-34-37-40-43-46-48-50-51-53-55-57-59-62-65-68-71-74-77-80-83-86-89-92-95-107(112)119-98-104(110)99-121-126(115,116)122-100-105(111)101-123-127(117,118)124-103-106(125-109(114)97-94-91-88-85-82-79-76-73-70-67-64-61-56-45-42-39-36-33-30-27-24-21-18-15-12-9-6-3)102-120-108(113)96-93-90-87-84-81-78-75-72-69-66-63-60-58-54-52-49-47-44-41-38-35-32-29-26-23-20-17-14-11-8-5-2/h7,9-10,12,16-21,25-30,34-39,43-47,56,104-106,110-111H,4-6,8,11,13-15,22-24,31-33,40-42,48-55,57-103H2,1-3H3,(H,115,116)(H,117,118)/b10-7-,12-9-,19-16-,20-17-,21-18-,28-25-,29-26-,30-27-,37-34-,38-35-,39-36-,46-43-,47-44-,56-45-. The molecule has 0 aromatic carbocycles. The Bertz CT molecular complexity index is 2990. The van der Waals surface area contributed by atoms with Crippen molar-refractivity contribution in [2.45, 2.75) is 463 Å². The van der Waals surface area contributed by atoms with E-state index in [2.05, 4.69) is 191 Å². The highest BCUT2D eigenvalue weighted by Crippen LogP contribution is 2.45. The first kappa shape index (κ1) is 122. The molecule has 0 saturated carbocycles. The van der Waals surface area contributed by atoms with Crippen LogP contribution in [0.15, 0.2) is 170 Å². The first-order valence-corrected chi connectivity index (χ1v) is 54.4. The Morgan fingerprint density at radius 3 is 0.661 bits per heavy atom. The SMILES string of the molecule is CC/C=C\C/C=C\C/C=C\C/C=C\C/C=C\CCCCCCCCCCCCCCCCCCCC(=O)OCC(O)COP(=O)(O)OCC(O)COP(=O)(O)OCC(COC(=O)CCCCCCCCCCCCCCCCC/C=C\C/C=C\C/C=C\C/C=C\CCCCC)OC(=O)CCCCCCCCCCCCC/C=C\C/C=C\C/C=C\C/C=C\C/C=C\CC. The monoisotopic (exact) mass is 1820 g/mol. The van der Waals surface area contributed by atoms with Crippen molar-refractivity contribution in [3.05, 3.63) is 170 Å². The molecule has 127 heavy (non-hydrogen) atoms. The third-order valence-corrected chi connectivity index (χ3v) is 23.8. The van der Waals surface area contributed by atoms with Crippen molar-refractivity contribution in [3.8, 4) is 0 Å². The van der Waals surface area contributed by atoms with Crippen LogP contribution in [-0.4, -0.2) is 95.9 Å². The highest BCUT2D eigenvalue weighted by atomic mass is 31.2. The summed E-state index contributed by atoms with van der Waals surface area (Å²) in [6.45, 7) is 2.50. The Labute approximate surface area is 777 Å². The van der Waals surface area contributed by atoms with E-state index < -0.39 is 91.5 Å².